The van der Waals surface area contributed by atoms with Crippen molar-refractivity contribution in [3.8, 4) is 0 Å². The number of piperazine rings is 1. The summed E-state index contributed by atoms with van der Waals surface area (Å²) in [5.41, 5.74) is 2.54. The third-order valence-corrected chi connectivity index (χ3v) is 6.19. The maximum Gasteiger partial charge on any atom is 0.259 e. The summed E-state index contributed by atoms with van der Waals surface area (Å²) in [5.74, 6) is 0.383. The summed E-state index contributed by atoms with van der Waals surface area (Å²) in [4.78, 5) is 36.4. The lowest BCUT2D eigenvalue weighted by Gasteiger charge is -2.36. The van der Waals surface area contributed by atoms with Crippen molar-refractivity contribution >= 4 is 22.9 Å². The van der Waals surface area contributed by atoms with Crippen LogP contribution in [0.25, 0.3) is 11.1 Å². The van der Waals surface area contributed by atoms with Crippen molar-refractivity contribution in [3.63, 3.8) is 0 Å². The van der Waals surface area contributed by atoms with Crippen LogP contribution in [0.4, 0.5) is 0 Å². The van der Waals surface area contributed by atoms with Crippen molar-refractivity contribution in [2.75, 3.05) is 45.8 Å². The molecular formula is C22H31N5O3. The number of nitrogens with zero attached hydrogens (tertiary/aromatic N) is 5. The van der Waals surface area contributed by atoms with E-state index in [0.29, 0.717) is 55.1 Å². The predicted molar refractivity (Wildman–Crippen MR) is 113 cm³/mol. The van der Waals surface area contributed by atoms with E-state index in [-0.39, 0.29) is 17.7 Å². The number of aromatic nitrogens is 2. The minimum Gasteiger partial charge on any atom is -0.342 e. The number of aryl methyl sites for hydroxylation is 1. The first-order chi connectivity index (χ1) is 14.4. The highest BCUT2D eigenvalue weighted by atomic mass is 16.5. The first-order valence-electron chi connectivity index (χ1n) is 11.0. The molecule has 8 nitrogen and oxygen atoms in total. The molecule has 4 heterocycles. The molecule has 8 heteroatoms. The molecule has 0 bridgehead atoms. The number of carbonyl (C=O) groups is 2. The molecule has 162 valence electrons. The van der Waals surface area contributed by atoms with Crippen LogP contribution in [0.5, 0.6) is 0 Å². The van der Waals surface area contributed by atoms with Crippen molar-refractivity contribution in [2.24, 2.45) is 0 Å². The van der Waals surface area contributed by atoms with E-state index in [2.05, 4.69) is 15.0 Å². The second-order valence-corrected chi connectivity index (χ2v) is 8.71. The predicted octanol–water partition coefficient (Wildman–Crippen LogP) is 2.42. The van der Waals surface area contributed by atoms with Crippen LogP contribution < -0.4 is 0 Å². The Balaban J connectivity index is 1.43. The van der Waals surface area contributed by atoms with Crippen LogP contribution in [0.3, 0.4) is 0 Å². The molecule has 0 aliphatic carbocycles. The molecule has 0 aromatic carbocycles. The van der Waals surface area contributed by atoms with Crippen LogP contribution in [0.2, 0.25) is 0 Å². The number of rotatable bonds is 4. The lowest BCUT2D eigenvalue weighted by atomic mass is 10.0. The molecule has 0 radical (unpaired) electrons. The number of fused-ring (bicyclic) bond motifs is 1. The SMILES string of the molecule is Cc1noc2nc(C(C)C)cc(C(=O)N3CCN(CC(=O)N4CCCCC4)CC3)c12. The standard InChI is InChI=1S/C22H31N5O3/c1-15(2)18-13-17(20-16(3)24-30-21(20)23-18)22(29)27-11-9-25(10-12-27)14-19(28)26-7-5-4-6-8-26/h13,15H,4-12,14H2,1-3H3. The Morgan fingerprint density at radius 1 is 1.03 bits per heavy atom. The molecule has 0 atom stereocenters. The van der Waals surface area contributed by atoms with E-state index < -0.39 is 0 Å². The van der Waals surface area contributed by atoms with Gasteiger partial charge >= 0.3 is 0 Å². The number of carbonyl (C=O) groups excluding carboxylic acids is 2. The Morgan fingerprint density at radius 3 is 2.40 bits per heavy atom. The molecule has 0 spiro atoms. The highest BCUT2D eigenvalue weighted by Gasteiger charge is 2.28. The van der Waals surface area contributed by atoms with Gasteiger partial charge in [0, 0.05) is 45.0 Å². The van der Waals surface area contributed by atoms with E-state index in [1.54, 1.807) is 0 Å². The first-order valence-corrected chi connectivity index (χ1v) is 11.0. The molecule has 2 saturated heterocycles. The molecule has 2 aromatic heterocycles. The quantitative estimate of drug-likeness (QED) is 0.766. The molecule has 4 rings (SSSR count). The largest absolute Gasteiger partial charge is 0.342 e. The van der Waals surface area contributed by atoms with Crippen molar-refractivity contribution in [2.45, 2.75) is 46.0 Å². The minimum atomic E-state index is -0.0161. The molecule has 0 unspecified atom stereocenters. The molecule has 2 aliphatic heterocycles. The van der Waals surface area contributed by atoms with Crippen LogP contribution in [-0.4, -0.2) is 82.5 Å². The van der Waals surface area contributed by atoms with Gasteiger partial charge in [-0.05, 0) is 38.2 Å². The smallest absolute Gasteiger partial charge is 0.259 e. The Kier molecular flexibility index (Phi) is 6.04. The van der Waals surface area contributed by atoms with Gasteiger partial charge in [-0.1, -0.05) is 19.0 Å². The maximum atomic E-state index is 13.3. The lowest BCUT2D eigenvalue weighted by molar-refractivity contribution is -0.133. The van der Waals surface area contributed by atoms with Crippen molar-refractivity contribution in [3.05, 3.63) is 23.0 Å². The number of pyridine rings is 1. The van der Waals surface area contributed by atoms with Crippen LogP contribution in [-0.2, 0) is 4.79 Å². The van der Waals surface area contributed by atoms with Gasteiger partial charge in [-0.2, -0.15) is 0 Å². The first kappa shape index (κ1) is 20.8. The van der Waals surface area contributed by atoms with Gasteiger partial charge < -0.3 is 14.3 Å². The maximum absolute atomic E-state index is 13.3. The van der Waals surface area contributed by atoms with E-state index in [1.807, 2.05) is 36.6 Å². The van der Waals surface area contributed by atoms with E-state index in [1.165, 1.54) is 6.42 Å². The average molecular weight is 414 g/mol. The normalized spacial score (nSPS) is 18.4. The second kappa shape index (κ2) is 8.71. The highest BCUT2D eigenvalue weighted by Crippen LogP contribution is 2.26. The van der Waals surface area contributed by atoms with E-state index >= 15 is 0 Å². The fraction of sp³-hybridized carbons (Fsp3) is 0.636. The highest BCUT2D eigenvalue weighted by molar-refractivity contribution is 6.06. The second-order valence-electron chi connectivity index (χ2n) is 8.71. The molecule has 2 aromatic rings. The van der Waals surface area contributed by atoms with Crippen LogP contribution in [0.1, 0.15) is 60.8 Å². The zero-order valence-corrected chi connectivity index (χ0v) is 18.2. The molecular weight excluding hydrogens is 382 g/mol. The summed E-state index contributed by atoms with van der Waals surface area (Å²) in [6.45, 7) is 10.8. The Morgan fingerprint density at radius 2 is 1.73 bits per heavy atom. The van der Waals surface area contributed by atoms with Crippen molar-refractivity contribution < 1.29 is 14.1 Å². The molecule has 2 aliphatic rings. The number of piperidine rings is 1. The van der Waals surface area contributed by atoms with Gasteiger partial charge in [0.1, 0.15) is 0 Å². The number of hydrogen-bond acceptors (Lipinski definition) is 6. The summed E-state index contributed by atoms with van der Waals surface area (Å²) in [5, 5.41) is 4.72. The Labute approximate surface area is 177 Å². The molecule has 0 N–H and O–H groups in total. The lowest BCUT2D eigenvalue weighted by Crippen LogP contribution is -2.52. The monoisotopic (exact) mass is 413 g/mol. The van der Waals surface area contributed by atoms with Crippen LogP contribution in [0, 0.1) is 6.92 Å². The van der Waals surface area contributed by atoms with Gasteiger partial charge in [-0.25, -0.2) is 4.98 Å². The Hall–Kier alpha value is -2.48. The van der Waals surface area contributed by atoms with E-state index in [0.717, 1.165) is 31.6 Å². The molecule has 30 heavy (non-hydrogen) atoms. The third kappa shape index (κ3) is 4.19. The third-order valence-electron chi connectivity index (χ3n) is 6.19. The minimum absolute atomic E-state index is 0.0161. The van der Waals surface area contributed by atoms with Gasteiger partial charge in [-0.3, -0.25) is 14.5 Å². The van der Waals surface area contributed by atoms with Gasteiger partial charge in [0.15, 0.2) is 0 Å². The zero-order valence-electron chi connectivity index (χ0n) is 18.2. The van der Waals surface area contributed by atoms with Crippen molar-refractivity contribution in [1.29, 1.82) is 0 Å². The summed E-state index contributed by atoms with van der Waals surface area (Å²) in [6, 6.07) is 1.88. The topological polar surface area (TPSA) is 82.8 Å². The van der Waals surface area contributed by atoms with Gasteiger partial charge in [0.2, 0.25) is 5.91 Å². The summed E-state index contributed by atoms with van der Waals surface area (Å²) in [6.07, 6.45) is 3.43. The van der Waals surface area contributed by atoms with E-state index in [4.69, 9.17) is 4.52 Å². The number of hydrogen-bond donors (Lipinski definition) is 0. The van der Waals surface area contributed by atoms with Crippen molar-refractivity contribution in [1.82, 2.24) is 24.8 Å². The molecule has 0 saturated carbocycles. The zero-order chi connectivity index (χ0) is 21.3. The van der Waals surface area contributed by atoms with Gasteiger partial charge in [-0.15, -0.1) is 0 Å². The fourth-order valence-electron chi connectivity index (χ4n) is 4.29. The molecule has 2 amide bonds. The number of amides is 2. The summed E-state index contributed by atoms with van der Waals surface area (Å²) in [7, 11) is 0. The fourth-order valence-corrected chi connectivity index (χ4v) is 4.29. The summed E-state index contributed by atoms with van der Waals surface area (Å²) >= 11 is 0. The van der Waals surface area contributed by atoms with Gasteiger partial charge in [0.05, 0.1) is 23.2 Å². The summed E-state index contributed by atoms with van der Waals surface area (Å²) < 4.78 is 5.35. The van der Waals surface area contributed by atoms with E-state index in [9.17, 15) is 9.59 Å². The average Bonchev–Trinajstić information content (AvgIpc) is 3.14. The number of likely N-dealkylation sites (tertiary alicyclic amines) is 1. The van der Waals surface area contributed by atoms with Gasteiger partial charge in [0.25, 0.3) is 11.6 Å². The van der Waals surface area contributed by atoms with Crippen LogP contribution >= 0.6 is 0 Å². The van der Waals surface area contributed by atoms with Crippen LogP contribution in [0.15, 0.2) is 10.6 Å². The molecule has 2 fully saturated rings. The Bertz CT molecular complexity index is 924.